The average Bonchev–Trinajstić information content (AvgIpc) is 3.15. The van der Waals surface area contributed by atoms with Gasteiger partial charge in [-0.1, -0.05) is 38.3 Å². The van der Waals surface area contributed by atoms with Gasteiger partial charge in [0.05, 0.1) is 25.4 Å². The molecule has 29 heavy (non-hydrogen) atoms. The number of aromatic nitrogens is 2. The summed E-state index contributed by atoms with van der Waals surface area (Å²) in [4.78, 5) is 28.0. The van der Waals surface area contributed by atoms with Crippen molar-refractivity contribution in [2.75, 3.05) is 25.1 Å². The van der Waals surface area contributed by atoms with Gasteiger partial charge in [0.15, 0.2) is 5.54 Å². The number of nitrogens with one attached hydrogen (secondary N) is 1. The van der Waals surface area contributed by atoms with E-state index in [0.717, 1.165) is 12.8 Å². The van der Waals surface area contributed by atoms with Gasteiger partial charge in [0, 0.05) is 12.6 Å². The van der Waals surface area contributed by atoms with Gasteiger partial charge in [-0.25, -0.2) is 9.59 Å². The summed E-state index contributed by atoms with van der Waals surface area (Å²) in [5.74, 6) is 0.0329. The monoisotopic (exact) mass is 404 g/mol. The van der Waals surface area contributed by atoms with Crippen LogP contribution in [0.1, 0.15) is 45.4 Å². The summed E-state index contributed by atoms with van der Waals surface area (Å²) in [7, 11) is 0. The van der Waals surface area contributed by atoms with Gasteiger partial charge in [0.25, 0.3) is 0 Å². The van der Waals surface area contributed by atoms with Gasteiger partial charge in [-0.05, 0) is 18.9 Å². The Balaban J connectivity index is 1.86. The fourth-order valence-corrected chi connectivity index (χ4v) is 3.10. The first-order valence-electron chi connectivity index (χ1n) is 9.87. The van der Waals surface area contributed by atoms with Crippen molar-refractivity contribution in [2.45, 2.75) is 57.1 Å². The quantitative estimate of drug-likeness (QED) is 0.452. The molecule has 1 saturated heterocycles. The smallest absolute Gasteiger partial charge is 0.413 e. The van der Waals surface area contributed by atoms with E-state index in [0.29, 0.717) is 0 Å². The van der Waals surface area contributed by atoms with Crippen LogP contribution >= 0.6 is 0 Å². The molecule has 2 atom stereocenters. The topological polar surface area (TPSA) is 126 Å². The van der Waals surface area contributed by atoms with Gasteiger partial charge in [0.1, 0.15) is 12.4 Å². The summed E-state index contributed by atoms with van der Waals surface area (Å²) in [5, 5.41) is 21.1. The van der Waals surface area contributed by atoms with Crippen LogP contribution in [-0.4, -0.2) is 46.7 Å². The highest BCUT2D eigenvalue weighted by atomic mass is 16.5. The number of aliphatic hydroxyl groups excluding tert-OH is 1. The Morgan fingerprint density at radius 1 is 1.52 bits per heavy atom. The van der Waals surface area contributed by atoms with Crippen molar-refractivity contribution in [3.63, 3.8) is 0 Å². The third kappa shape index (κ3) is 6.41. The minimum atomic E-state index is -1.22. The first-order chi connectivity index (χ1) is 14.0. The number of nitrogens with zero attached hydrogens (tertiary/aromatic N) is 3. The van der Waals surface area contributed by atoms with Crippen LogP contribution in [0.15, 0.2) is 29.2 Å². The van der Waals surface area contributed by atoms with Crippen LogP contribution in [0, 0.1) is 11.3 Å². The van der Waals surface area contributed by atoms with Crippen LogP contribution in [0.5, 0.6) is 0 Å². The maximum atomic E-state index is 12.4. The Labute approximate surface area is 170 Å². The number of hydrogen-bond donors (Lipinski definition) is 2. The molecule has 2 heterocycles. The normalized spacial score (nSPS) is 21.2. The van der Waals surface area contributed by atoms with Crippen molar-refractivity contribution < 1.29 is 19.4 Å². The lowest BCUT2D eigenvalue weighted by molar-refractivity contribution is 0.0555. The minimum Gasteiger partial charge on any atom is -0.445 e. The van der Waals surface area contributed by atoms with E-state index in [-0.39, 0.29) is 32.1 Å². The molecule has 0 aliphatic carbocycles. The lowest BCUT2D eigenvalue weighted by atomic mass is 9.97. The molecule has 2 N–H and O–H groups in total. The summed E-state index contributed by atoms with van der Waals surface area (Å²) in [6, 6.07) is 3.50. The Morgan fingerprint density at radius 2 is 2.34 bits per heavy atom. The molecule has 2 rings (SSSR count). The molecule has 158 valence electrons. The summed E-state index contributed by atoms with van der Waals surface area (Å²) < 4.78 is 11.5. The second kappa shape index (κ2) is 11.3. The van der Waals surface area contributed by atoms with Crippen LogP contribution in [0.2, 0.25) is 0 Å². The fourth-order valence-electron chi connectivity index (χ4n) is 3.10. The highest BCUT2D eigenvalue weighted by molar-refractivity contribution is 5.83. The van der Waals surface area contributed by atoms with E-state index in [1.165, 1.54) is 36.1 Å². The molecule has 1 aliphatic heterocycles. The minimum absolute atomic E-state index is 0.0179. The molecule has 9 nitrogen and oxygen atoms in total. The summed E-state index contributed by atoms with van der Waals surface area (Å²) in [5.41, 5.74) is -1.92. The molecule has 0 spiro atoms. The lowest BCUT2D eigenvalue weighted by Crippen LogP contribution is -2.42. The average molecular weight is 404 g/mol. The Morgan fingerprint density at radius 3 is 3.00 bits per heavy atom. The number of rotatable bonds is 10. The molecule has 1 unspecified atom stereocenters. The van der Waals surface area contributed by atoms with Gasteiger partial charge in [-0.3, -0.25) is 9.88 Å². The van der Waals surface area contributed by atoms with E-state index in [9.17, 15) is 20.0 Å². The van der Waals surface area contributed by atoms with E-state index < -0.39 is 23.4 Å². The van der Waals surface area contributed by atoms with Gasteiger partial charge in [-0.15, -0.1) is 0 Å². The third-order valence-corrected chi connectivity index (χ3v) is 4.73. The van der Waals surface area contributed by atoms with Crippen LogP contribution in [0.25, 0.3) is 0 Å². The Hall–Kier alpha value is -2.70. The second-order valence-electron chi connectivity index (χ2n) is 6.97. The number of anilines is 1. The zero-order valence-electron chi connectivity index (χ0n) is 16.7. The van der Waals surface area contributed by atoms with E-state index in [1.807, 2.05) is 6.08 Å². The molecule has 0 radical (unpaired) electrons. The second-order valence-corrected chi connectivity index (χ2v) is 6.97. The largest absolute Gasteiger partial charge is 0.445 e. The zero-order chi connectivity index (χ0) is 21.1. The molecule has 1 amide bonds. The summed E-state index contributed by atoms with van der Waals surface area (Å²) in [6.45, 7) is 2.05. The van der Waals surface area contributed by atoms with Crippen LogP contribution in [0.3, 0.4) is 0 Å². The summed E-state index contributed by atoms with van der Waals surface area (Å²) >= 11 is 0. The molecule has 0 saturated carbocycles. The van der Waals surface area contributed by atoms with Crippen molar-refractivity contribution in [3.8, 4) is 6.07 Å². The number of hydrogen-bond acceptors (Lipinski definition) is 7. The standard InChI is InChI=1S/C20H28N4O5/c1-2-3-4-5-6-7-8-11-28-19(27)23-17-9-10-24(18(26)22-17)20(14-21)12-16(13-25)29-15-20/h7-10,16,25H,2-6,11-13,15H2,1H3,(H,22,23,26,27)/b8-7+/t16-,20?/m0/s1. The van der Waals surface area contributed by atoms with Gasteiger partial charge in [0.2, 0.25) is 0 Å². The van der Waals surface area contributed by atoms with E-state index >= 15 is 0 Å². The highest BCUT2D eigenvalue weighted by Crippen LogP contribution is 2.29. The maximum Gasteiger partial charge on any atom is 0.413 e. The van der Waals surface area contributed by atoms with Gasteiger partial charge in [-0.2, -0.15) is 10.2 Å². The number of ether oxygens (including phenoxy) is 2. The van der Waals surface area contributed by atoms with E-state index in [1.54, 1.807) is 6.08 Å². The lowest BCUT2D eigenvalue weighted by Gasteiger charge is -2.21. The number of carbonyl (C=O) groups excluding carboxylic acids is 1. The predicted molar refractivity (Wildman–Crippen MR) is 106 cm³/mol. The molecular weight excluding hydrogens is 376 g/mol. The molecule has 1 aromatic rings. The van der Waals surface area contributed by atoms with E-state index in [4.69, 9.17) is 9.47 Å². The first-order valence-corrected chi connectivity index (χ1v) is 9.87. The highest BCUT2D eigenvalue weighted by Gasteiger charge is 2.43. The summed E-state index contributed by atoms with van der Waals surface area (Å²) in [6.07, 6.45) is 9.78. The maximum absolute atomic E-state index is 12.4. The van der Waals surface area contributed by atoms with Crippen molar-refractivity contribution in [1.29, 1.82) is 5.26 Å². The van der Waals surface area contributed by atoms with E-state index in [2.05, 4.69) is 23.3 Å². The molecule has 0 bridgehead atoms. The number of amides is 1. The first kappa shape index (κ1) is 22.6. The Kier molecular flexibility index (Phi) is 8.83. The third-order valence-electron chi connectivity index (χ3n) is 4.73. The van der Waals surface area contributed by atoms with Gasteiger partial charge < -0.3 is 14.6 Å². The number of nitriles is 1. The molecule has 0 aromatic carbocycles. The predicted octanol–water partition coefficient (Wildman–Crippen LogP) is 2.32. The van der Waals surface area contributed by atoms with Crippen molar-refractivity contribution in [1.82, 2.24) is 9.55 Å². The van der Waals surface area contributed by atoms with Crippen molar-refractivity contribution in [3.05, 3.63) is 34.9 Å². The molecule has 9 heteroatoms. The number of allylic oxidation sites excluding steroid dienone is 1. The molecule has 1 aliphatic rings. The number of carbonyl (C=O) groups is 1. The molecular formula is C20H28N4O5. The van der Waals surface area contributed by atoms with Crippen LogP contribution < -0.4 is 11.0 Å². The van der Waals surface area contributed by atoms with Crippen LogP contribution in [-0.2, 0) is 15.0 Å². The van der Waals surface area contributed by atoms with Gasteiger partial charge >= 0.3 is 11.8 Å². The number of unbranched alkanes of at least 4 members (excludes halogenated alkanes) is 4. The van der Waals surface area contributed by atoms with Crippen molar-refractivity contribution in [2.24, 2.45) is 0 Å². The number of aliphatic hydroxyl groups is 1. The SMILES string of the molecule is CCCCCC/C=C/COC(=O)Nc1ccn(C2(C#N)CO[C@H](CO)C2)c(=O)n1. The molecule has 1 aromatic heterocycles. The Bertz CT molecular complexity index is 801. The van der Waals surface area contributed by atoms with Crippen molar-refractivity contribution >= 4 is 11.9 Å². The fraction of sp³-hybridized carbons (Fsp3) is 0.600. The molecule has 1 fully saturated rings. The van der Waals surface area contributed by atoms with Crippen LogP contribution in [0.4, 0.5) is 10.6 Å². The zero-order valence-corrected chi connectivity index (χ0v) is 16.7.